The van der Waals surface area contributed by atoms with E-state index in [1.54, 1.807) is 124 Å². The van der Waals surface area contributed by atoms with Crippen molar-refractivity contribution >= 4 is 106 Å². The Hall–Kier alpha value is -8.96. The minimum absolute atomic E-state index is 0.0964. The van der Waals surface area contributed by atoms with Gasteiger partial charge in [0.05, 0.1) is 86.3 Å². The zero-order valence-corrected chi connectivity index (χ0v) is 55.1. The predicted molar refractivity (Wildman–Crippen MR) is 344 cm³/mol. The van der Waals surface area contributed by atoms with Crippen molar-refractivity contribution in [1.82, 2.24) is 46.5 Å². The van der Waals surface area contributed by atoms with Crippen molar-refractivity contribution in [2.45, 2.75) is 127 Å². The average molecular weight is 1350 g/mol. The Bertz CT molecular complexity index is 4750. The molecule has 6 aromatic heterocycles. The first kappa shape index (κ1) is 64.6. The van der Waals surface area contributed by atoms with E-state index in [0.717, 1.165) is 24.5 Å². The summed E-state index contributed by atoms with van der Waals surface area (Å²) in [6.07, 6.45) is 5.72. The molecule has 4 atom stereocenters. The second-order valence-electron chi connectivity index (χ2n) is 23.8. The van der Waals surface area contributed by atoms with Crippen LogP contribution in [0.5, 0.6) is 11.5 Å². The van der Waals surface area contributed by atoms with Crippen LogP contribution < -0.4 is 5.46 Å². The highest BCUT2D eigenvalue weighted by Crippen LogP contribution is 2.41. The lowest BCUT2D eigenvalue weighted by Gasteiger charge is -2.32. The first-order valence-corrected chi connectivity index (χ1v) is 33.0. The van der Waals surface area contributed by atoms with Crippen LogP contribution in [0.3, 0.4) is 0 Å². The Morgan fingerprint density at radius 1 is 0.565 bits per heavy atom. The molecule has 13 rings (SSSR count). The molecular weight excluding hydrogens is 1290 g/mol. The third-order valence-corrected chi connectivity index (χ3v) is 20.8. The van der Waals surface area contributed by atoms with E-state index in [9.17, 15) is 46.2 Å². The molecule has 0 radical (unpaired) electrons. The van der Waals surface area contributed by atoms with Gasteiger partial charge in [-0.25, -0.2) is 44.7 Å². The maximum absolute atomic E-state index is 13.6. The minimum Gasteiger partial charge on any atom is -0.508 e. The van der Waals surface area contributed by atoms with Gasteiger partial charge < -0.3 is 38.8 Å². The number of esters is 2. The highest BCUT2D eigenvalue weighted by atomic mass is 79.9. The van der Waals surface area contributed by atoms with Crippen LogP contribution in [-0.2, 0) is 58.0 Å². The number of carbonyl (C=O) groups is 4. The van der Waals surface area contributed by atoms with Crippen LogP contribution in [0.15, 0.2) is 148 Å². The fourth-order valence-electron chi connectivity index (χ4n) is 11.6. The lowest BCUT2D eigenvalue weighted by Crippen LogP contribution is -2.41. The van der Waals surface area contributed by atoms with Gasteiger partial charge in [0.1, 0.15) is 40.0 Å². The summed E-state index contributed by atoms with van der Waals surface area (Å²) in [5.74, 6) is 0.0970. The Morgan fingerprint density at radius 2 is 0.967 bits per heavy atom. The van der Waals surface area contributed by atoms with Crippen LogP contribution in [0.4, 0.5) is 0 Å². The smallest absolute Gasteiger partial charge is 0.494 e. The first-order chi connectivity index (χ1) is 43.4. The van der Waals surface area contributed by atoms with Gasteiger partial charge in [-0.3, -0.25) is 28.0 Å². The number of likely N-dealkylation sites (tertiary alicyclic amines) is 2. The fourth-order valence-corrected chi connectivity index (χ4v) is 14.6. The quantitative estimate of drug-likeness (QED) is 0.0955. The minimum atomic E-state index is -3.97. The van der Waals surface area contributed by atoms with Gasteiger partial charge in [-0.2, -0.15) is 0 Å². The van der Waals surface area contributed by atoms with Gasteiger partial charge >= 0.3 is 19.1 Å². The number of rotatable bonds is 10. The lowest BCUT2D eigenvalue weighted by molar-refractivity contribution is -0.147. The van der Waals surface area contributed by atoms with E-state index in [0.29, 0.717) is 62.4 Å². The number of nitrogens with zero attached hydrogens (tertiary/aromatic N) is 10. The van der Waals surface area contributed by atoms with E-state index in [1.807, 2.05) is 58.1 Å². The van der Waals surface area contributed by atoms with Gasteiger partial charge in [0.25, 0.3) is 20.0 Å². The highest BCUT2D eigenvalue weighted by molar-refractivity contribution is 9.10. The zero-order valence-electron chi connectivity index (χ0n) is 51.9. The van der Waals surface area contributed by atoms with E-state index in [2.05, 4.69) is 30.9 Å². The third-order valence-electron chi connectivity index (χ3n) is 16.9. The molecule has 478 valence electrons. The number of hydrogen-bond donors (Lipinski definition) is 2. The van der Waals surface area contributed by atoms with E-state index in [1.165, 1.54) is 40.1 Å². The molecule has 10 aromatic rings. The maximum atomic E-state index is 13.6. The molecule has 0 spiro atoms. The van der Waals surface area contributed by atoms with Gasteiger partial charge in [-0.15, -0.1) is 0 Å². The topological polar surface area (TPSA) is 291 Å². The molecule has 3 saturated heterocycles. The Kier molecular flexibility index (Phi) is 17.3. The summed E-state index contributed by atoms with van der Waals surface area (Å²) < 4.78 is 83.0. The van der Waals surface area contributed by atoms with Crippen LogP contribution in [0.25, 0.3) is 44.6 Å². The molecule has 24 nitrogen and oxygen atoms in total. The number of aromatic hydroxyl groups is 2. The van der Waals surface area contributed by atoms with Crippen LogP contribution >= 0.6 is 15.9 Å². The number of aryl methyl sites for hydroxylation is 2. The third kappa shape index (κ3) is 12.2. The van der Waals surface area contributed by atoms with Gasteiger partial charge in [0.2, 0.25) is 11.8 Å². The molecule has 3 fully saturated rings. The molecule has 0 bridgehead atoms. The number of amides is 2. The Labute approximate surface area is 538 Å². The second kappa shape index (κ2) is 24.6. The number of carbonyl (C=O) groups excluding carboxylic acids is 4. The van der Waals surface area contributed by atoms with Gasteiger partial charge in [0.15, 0.2) is 11.3 Å². The van der Waals surface area contributed by atoms with Crippen LogP contribution in [0.2, 0.25) is 0 Å². The normalized spacial score (nSPS) is 18.7. The number of aromatic nitrogens is 8. The van der Waals surface area contributed by atoms with E-state index >= 15 is 0 Å². The number of imidazole rings is 2. The molecule has 9 heterocycles. The van der Waals surface area contributed by atoms with E-state index in [4.69, 9.17) is 23.8 Å². The summed E-state index contributed by atoms with van der Waals surface area (Å²) in [6.45, 7) is 17.9. The summed E-state index contributed by atoms with van der Waals surface area (Å²) in [6, 6.07) is 28.9. The molecule has 4 aromatic carbocycles. The second-order valence-corrected chi connectivity index (χ2v) is 28.2. The molecule has 3 aliphatic rings. The highest BCUT2D eigenvalue weighted by Gasteiger charge is 2.52. The number of phenolic OH excluding ortho intramolecular Hbond substituents is 2. The fraction of sp³-hybridized carbons (Fsp3) is 0.312. The number of phenols is 2. The monoisotopic (exact) mass is 1350 g/mol. The SMILES string of the molecule is CC(=O)O[C@@H]1C[C@H](c2nc(-c3ccc(O)cc3)c3cnc4c(ccn4S(=O)(=O)c4ccc(C)cc4)n23)N(C(C)=O)C1.CC(=O)O[C@@H]1C[C@H](c2nc(Br)c3cnc4c(ccn4S(=O)(=O)c4ccc(C)cc4)n23)N(C(C)=O)C1.CC1(C)OB(c2ccc(O)cc2)OC1(C)C. The van der Waals surface area contributed by atoms with Crippen molar-refractivity contribution in [2.24, 2.45) is 0 Å². The first-order valence-electron chi connectivity index (χ1n) is 29.3. The van der Waals surface area contributed by atoms with Crippen molar-refractivity contribution in [1.29, 1.82) is 0 Å². The number of halogens is 1. The van der Waals surface area contributed by atoms with Gasteiger partial charge in [-0.05, 0) is 136 Å². The molecular formula is C64H66BBrN10O14S2. The Morgan fingerprint density at radius 3 is 1.39 bits per heavy atom. The summed E-state index contributed by atoms with van der Waals surface area (Å²) in [4.78, 5) is 70.5. The molecule has 28 heteroatoms. The zero-order chi connectivity index (χ0) is 66.1. The van der Waals surface area contributed by atoms with Crippen LogP contribution in [0.1, 0.15) is 103 Å². The van der Waals surface area contributed by atoms with Crippen LogP contribution in [0, 0.1) is 13.8 Å². The Balaban J connectivity index is 0.000000154. The molecule has 0 aliphatic carbocycles. The molecule has 2 amide bonds. The van der Waals surface area contributed by atoms with Crippen molar-refractivity contribution < 1.29 is 65.0 Å². The summed E-state index contributed by atoms with van der Waals surface area (Å²) in [5, 5.41) is 19.1. The lowest BCUT2D eigenvalue weighted by atomic mass is 9.79. The molecule has 92 heavy (non-hydrogen) atoms. The summed E-state index contributed by atoms with van der Waals surface area (Å²) >= 11 is 3.47. The van der Waals surface area contributed by atoms with Crippen molar-refractivity contribution in [3.63, 3.8) is 0 Å². The predicted octanol–water partition coefficient (Wildman–Crippen LogP) is 8.74. The number of benzene rings is 4. The number of hydrogen-bond acceptors (Lipinski definition) is 18. The standard InChI is InChI=1S/C29H27N5O6S.C23H22BrN5O5S.C12H17BO3/c1-17-4-10-23(11-5-17)41(38,39)33-13-12-24-28(33)30-15-26-27(20-6-8-21(37)9-7-20)31-29(34(24)26)25-14-22(40-19(3)36)16-32(25)18(2)35;1-13-4-6-17(7-5-13)35(32,33)28-9-8-18-22(28)25-11-20-21(24)26-23(29(18)20)19-10-16(34-15(3)31)12-27(19)14(2)30;1-11(2)12(3,4)16-13(15-11)9-5-7-10(14)8-6-9/h4-13,15,22,25,37H,14,16H2,1-3H3;4-9,11,16,19H,10,12H2,1-3H3;5-8,14H,1-4H3/t22-,25-;16-,19-;/m11./s1. The largest absolute Gasteiger partial charge is 0.508 e. The van der Waals surface area contributed by atoms with Crippen molar-refractivity contribution in [2.75, 3.05) is 13.1 Å². The maximum Gasteiger partial charge on any atom is 0.494 e. The van der Waals surface area contributed by atoms with Crippen LogP contribution in [-0.4, -0.2) is 141 Å². The van der Waals surface area contributed by atoms with Crippen molar-refractivity contribution in [3.8, 4) is 22.8 Å². The molecule has 0 unspecified atom stereocenters. The van der Waals surface area contributed by atoms with E-state index in [-0.39, 0.29) is 75.8 Å². The number of ether oxygens (including phenoxy) is 2. The number of fused-ring (bicyclic) bond motifs is 6. The van der Waals surface area contributed by atoms with Gasteiger partial charge in [0, 0.05) is 58.5 Å². The van der Waals surface area contributed by atoms with Gasteiger partial charge in [-0.1, -0.05) is 47.5 Å². The van der Waals surface area contributed by atoms with Crippen molar-refractivity contribution in [3.05, 3.63) is 161 Å². The molecule has 2 N–H and O–H groups in total. The summed E-state index contributed by atoms with van der Waals surface area (Å²) in [7, 11) is -8.21. The molecule has 3 aliphatic heterocycles. The van der Waals surface area contributed by atoms with E-state index < -0.39 is 56.3 Å². The molecule has 0 saturated carbocycles. The summed E-state index contributed by atoms with van der Waals surface area (Å²) in [5.41, 5.74) is 6.04. The average Bonchev–Trinajstić information content (AvgIpc) is 1.58.